The number of rotatable bonds is 4. The number of nitrogens with zero attached hydrogens (tertiary/aromatic N) is 3. The van der Waals surface area contributed by atoms with Crippen LogP contribution in [0.5, 0.6) is 0 Å². The van der Waals surface area contributed by atoms with E-state index in [2.05, 4.69) is 15.3 Å². The Morgan fingerprint density at radius 1 is 1.19 bits per heavy atom. The van der Waals surface area contributed by atoms with Gasteiger partial charge in [0.1, 0.15) is 5.56 Å². The van der Waals surface area contributed by atoms with E-state index in [1.165, 1.54) is 29.5 Å². The Hall–Kier alpha value is -2.27. The first-order valence-electron chi connectivity index (χ1n) is 7.45. The molecule has 0 spiro atoms. The average Bonchev–Trinajstić information content (AvgIpc) is 3.23. The fourth-order valence-electron chi connectivity index (χ4n) is 2.51. The Bertz CT molecular complexity index is 1220. The molecule has 2 aromatic heterocycles. The molecule has 0 saturated carbocycles. The van der Waals surface area contributed by atoms with Crippen LogP contribution in [0.25, 0.3) is 20.4 Å². The molecule has 0 atom stereocenters. The van der Waals surface area contributed by atoms with Gasteiger partial charge >= 0.3 is 0 Å². The minimum Gasteiger partial charge on any atom is -0.298 e. The zero-order valence-corrected chi connectivity index (χ0v) is 16.8. The molecule has 0 bridgehead atoms. The van der Waals surface area contributed by atoms with Crippen molar-refractivity contribution in [2.24, 2.45) is 0 Å². The standard InChI is InChI=1S/C16H9ClN4O3S3/c1-25-16-19-10-4-3-9-12(13(10)27-16)26-15(18-9)20-14(22)8-6-7(17)2-5-11(8)21(23)24/h2-6H,1H3,(H,18,20,22). The highest BCUT2D eigenvalue weighted by molar-refractivity contribution is 8.00. The van der Waals surface area contributed by atoms with Crippen LogP contribution in [-0.4, -0.2) is 27.1 Å². The Morgan fingerprint density at radius 3 is 2.59 bits per heavy atom. The number of nitrogens with one attached hydrogen (secondary N) is 1. The fraction of sp³-hybridized carbons (Fsp3) is 0.0625. The summed E-state index contributed by atoms with van der Waals surface area (Å²) in [5.74, 6) is -0.631. The summed E-state index contributed by atoms with van der Waals surface area (Å²) < 4.78 is 2.87. The summed E-state index contributed by atoms with van der Waals surface area (Å²) in [5, 5.41) is 14.4. The molecule has 0 saturated heterocycles. The van der Waals surface area contributed by atoms with Crippen molar-refractivity contribution in [1.82, 2.24) is 9.97 Å². The summed E-state index contributed by atoms with van der Waals surface area (Å²) in [6.07, 6.45) is 1.96. The van der Waals surface area contributed by atoms with Crippen LogP contribution in [0.3, 0.4) is 0 Å². The first-order valence-corrected chi connectivity index (χ1v) is 10.7. The molecule has 27 heavy (non-hydrogen) atoms. The molecule has 2 heterocycles. The molecule has 1 amide bonds. The maximum Gasteiger partial charge on any atom is 0.282 e. The van der Waals surface area contributed by atoms with Crippen LogP contribution in [-0.2, 0) is 0 Å². The van der Waals surface area contributed by atoms with Crippen LogP contribution < -0.4 is 5.32 Å². The number of nitro benzene ring substituents is 1. The van der Waals surface area contributed by atoms with Crippen molar-refractivity contribution in [1.29, 1.82) is 0 Å². The Balaban J connectivity index is 1.72. The number of carbonyl (C=O) groups is 1. The summed E-state index contributed by atoms with van der Waals surface area (Å²) in [6.45, 7) is 0. The van der Waals surface area contributed by atoms with Crippen LogP contribution in [0.4, 0.5) is 10.8 Å². The lowest BCUT2D eigenvalue weighted by Crippen LogP contribution is -2.13. The molecular weight excluding hydrogens is 428 g/mol. The molecule has 1 N–H and O–H groups in total. The average molecular weight is 437 g/mol. The molecule has 0 radical (unpaired) electrons. The monoisotopic (exact) mass is 436 g/mol. The SMILES string of the molecule is CSc1nc2ccc3nc(NC(=O)c4cc(Cl)ccc4[N+](=O)[O-])sc3c2s1. The second kappa shape index (κ2) is 7.04. The van der Waals surface area contributed by atoms with E-state index in [-0.39, 0.29) is 16.3 Å². The van der Waals surface area contributed by atoms with Gasteiger partial charge in [0, 0.05) is 11.1 Å². The molecule has 11 heteroatoms. The number of nitro groups is 1. The molecule has 4 aromatic rings. The van der Waals surface area contributed by atoms with Gasteiger partial charge in [-0.25, -0.2) is 9.97 Å². The van der Waals surface area contributed by atoms with Gasteiger partial charge in [-0.15, -0.1) is 11.3 Å². The third-order valence-corrected chi connectivity index (χ3v) is 7.13. The van der Waals surface area contributed by atoms with Gasteiger partial charge in [-0.2, -0.15) is 0 Å². The van der Waals surface area contributed by atoms with E-state index in [0.717, 1.165) is 24.8 Å². The number of benzene rings is 2. The van der Waals surface area contributed by atoms with Crippen molar-refractivity contribution >= 4 is 83.2 Å². The van der Waals surface area contributed by atoms with Crippen LogP contribution in [0.1, 0.15) is 10.4 Å². The van der Waals surface area contributed by atoms with Gasteiger partial charge in [0.05, 0.1) is 25.4 Å². The van der Waals surface area contributed by atoms with Crippen LogP contribution >= 0.6 is 46.0 Å². The fourth-order valence-corrected chi connectivity index (χ4v) is 5.33. The minimum atomic E-state index is -0.631. The molecule has 2 aromatic carbocycles. The van der Waals surface area contributed by atoms with E-state index in [4.69, 9.17) is 11.6 Å². The molecule has 0 aliphatic rings. The summed E-state index contributed by atoms with van der Waals surface area (Å²) in [4.78, 5) is 32.1. The first kappa shape index (κ1) is 18.1. The second-order valence-corrected chi connectivity index (χ2v) is 8.83. The Morgan fingerprint density at radius 2 is 1.89 bits per heavy atom. The molecule has 0 fully saturated rings. The lowest BCUT2D eigenvalue weighted by atomic mass is 10.1. The van der Waals surface area contributed by atoms with Crippen molar-refractivity contribution < 1.29 is 9.72 Å². The number of fused-ring (bicyclic) bond motifs is 3. The minimum absolute atomic E-state index is 0.112. The van der Waals surface area contributed by atoms with Gasteiger partial charge in [0.25, 0.3) is 11.6 Å². The van der Waals surface area contributed by atoms with Crippen molar-refractivity contribution in [3.8, 4) is 0 Å². The van der Waals surface area contributed by atoms with Crippen LogP contribution in [0.15, 0.2) is 34.7 Å². The smallest absolute Gasteiger partial charge is 0.282 e. The number of carbonyl (C=O) groups excluding carboxylic acids is 1. The first-order chi connectivity index (χ1) is 13.0. The lowest BCUT2D eigenvalue weighted by Gasteiger charge is -2.03. The van der Waals surface area contributed by atoms with Gasteiger partial charge < -0.3 is 0 Å². The van der Waals surface area contributed by atoms with Crippen molar-refractivity contribution in [3.63, 3.8) is 0 Å². The van der Waals surface area contributed by atoms with Crippen molar-refractivity contribution in [2.45, 2.75) is 4.34 Å². The maximum atomic E-state index is 12.6. The van der Waals surface area contributed by atoms with Crippen LogP contribution in [0, 0.1) is 10.1 Å². The van der Waals surface area contributed by atoms with E-state index in [1.807, 2.05) is 18.4 Å². The van der Waals surface area contributed by atoms with E-state index >= 15 is 0 Å². The van der Waals surface area contributed by atoms with Gasteiger partial charge in [0.2, 0.25) is 0 Å². The zero-order valence-electron chi connectivity index (χ0n) is 13.6. The molecule has 0 aliphatic heterocycles. The van der Waals surface area contributed by atoms with Crippen molar-refractivity contribution in [2.75, 3.05) is 11.6 Å². The molecule has 7 nitrogen and oxygen atoms in total. The second-order valence-electron chi connectivity index (χ2n) is 5.34. The van der Waals surface area contributed by atoms with Gasteiger partial charge in [0.15, 0.2) is 9.47 Å². The topological polar surface area (TPSA) is 98.0 Å². The maximum absolute atomic E-state index is 12.6. The third kappa shape index (κ3) is 3.36. The van der Waals surface area contributed by atoms with E-state index < -0.39 is 10.8 Å². The van der Waals surface area contributed by atoms with Gasteiger partial charge in [-0.3, -0.25) is 20.2 Å². The number of halogens is 1. The molecule has 4 rings (SSSR count). The highest BCUT2D eigenvalue weighted by atomic mass is 35.5. The zero-order chi connectivity index (χ0) is 19.1. The summed E-state index contributed by atoms with van der Waals surface area (Å²) in [5.41, 5.74) is 1.19. The number of amides is 1. The number of thiazole rings is 2. The lowest BCUT2D eigenvalue weighted by molar-refractivity contribution is -0.385. The van der Waals surface area contributed by atoms with E-state index in [9.17, 15) is 14.9 Å². The molecule has 136 valence electrons. The number of hydrogen-bond donors (Lipinski definition) is 1. The quantitative estimate of drug-likeness (QED) is 0.260. The number of aromatic nitrogens is 2. The van der Waals surface area contributed by atoms with Gasteiger partial charge in [-0.05, 0) is 30.5 Å². The van der Waals surface area contributed by atoms with Gasteiger partial charge in [-0.1, -0.05) is 34.7 Å². The highest BCUT2D eigenvalue weighted by Crippen LogP contribution is 2.38. The molecule has 0 unspecified atom stereocenters. The normalized spacial score (nSPS) is 11.2. The van der Waals surface area contributed by atoms with E-state index in [1.54, 1.807) is 23.1 Å². The van der Waals surface area contributed by atoms with Crippen LogP contribution in [0.2, 0.25) is 5.02 Å². The van der Waals surface area contributed by atoms with Crippen molar-refractivity contribution in [3.05, 3.63) is 51.0 Å². The summed E-state index contributed by atoms with van der Waals surface area (Å²) >= 11 is 10.3. The predicted molar refractivity (Wildman–Crippen MR) is 111 cm³/mol. The highest BCUT2D eigenvalue weighted by Gasteiger charge is 2.22. The van der Waals surface area contributed by atoms with E-state index in [0.29, 0.717) is 5.13 Å². The number of thioether (sulfide) groups is 1. The molecular formula is C16H9ClN4O3S3. The summed E-state index contributed by atoms with van der Waals surface area (Å²) in [7, 11) is 0. The summed E-state index contributed by atoms with van der Waals surface area (Å²) in [6, 6.07) is 7.59. The largest absolute Gasteiger partial charge is 0.298 e. The third-order valence-electron chi connectivity index (χ3n) is 3.69. The number of anilines is 1. The predicted octanol–water partition coefficient (Wildman–Crippen LogP) is 5.44. The number of hydrogen-bond acceptors (Lipinski definition) is 8. The Kier molecular flexibility index (Phi) is 4.72. The Labute approximate surface area is 169 Å². The molecule has 0 aliphatic carbocycles.